The van der Waals surface area contributed by atoms with E-state index in [9.17, 15) is 0 Å². The molecule has 0 aliphatic carbocycles. The Hall–Kier alpha value is -7.20. The van der Waals surface area contributed by atoms with E-state index >= 15 is 0 Å². The van der Waals surface area contributed by atoms with E-state index < -0.39 is 0 Å². The van der Waals surface area contributed by atoms with Gasteiger partial charge in [0.1, 0.15) is 0 Å². The van der Waals surface area contributed by atoms with Crippen LogP contribution in [0.5, 0.6) is 0 Å². The molecule has 0 spiro atoms. The molecule has 0 saturated carbocycles. The molecule has 0 unspecified atom stereocenters. The maximum Gasteiger partial charge on any atom is 0.0541 e. The lowest BCUT2D eigenvalue weighted by Crippen LogP contribution is -2.09. The van der Waals surface area contributed by atoms with Gasteiger partial charge >= 0.3 is 0 Å². The predicted octanol–water partition coefficient (Wildman–Crippen LogP) is 15.6. The summed E-state index contributed by atoms with van der Waals surface area (Å²) in [5.74, 6) is 0. The second-order valence-corrected chi connectivity index (χ2v) is 15.7. The molecule has 3 heteroatoms. The van der Waals surface area contributed by atoms with Crippen LogP contribution in [0.25, 0.3) is 81.0 Å². The van der Waals surface area contributed by atoms with Crippen molar-refractivity contribution in [3.05, 3.63) is 218 Å². The van der Waals surface area contributed by atoms with Crippen molar-refractivity contribution < 1.29 is 0 Å². The van der Waals surface area contributed by atoms with Gasteiger partial charge in [0.15, 0.2) is 0 Å². The minimum absolute atomic E-state index is 1.11. The van der Waals surface area contributed by atoms with E-state index in [-0.39, 0.29) is 0 Å². The Morgan fingerprint density at radius 3 is 1.61 bits per heavy atom. The van der Waals surface area contributed by atoms with Gasteiger partial charge in [-0.25, -0.2) is 0 Å². The molecule has 2 nitrogen and oxygen atoms in total. The van der Waals surface area contributed by atoms with Crippen LogP contribution in [0.2, 0.25) is 0 Å². The van der Waals surface area contributed by atoms with Gasteiger partial charge in [0, 0.05) is 53.7 Å². The Balaban J connectivity index is 0.931. The molecule has 268 valence electrons. The molecule has 2 heterocycles. The summed E-state index contributed by atoms with van der Waals surface area (Å²) in [5.41, 5.74) is 14.2. The Morgan fingerprint density at radius 2 is 0.825 bits per heavy atom. The average Bonchev–Trinajstić information content (AvgIpc) is 3.82. The van der Waals surface area contributed by atoms with Crippen LogP contribution in [-0.2, 0) is 0 Å². The van der Waals surface area contributed by atoms with Crippen LogP contribution < -0.4 is 4.90 Å². The smallest absolute Gasteiger partial charge is 0.0541 e. The minimum atomic E-state index is 1.11. The molecule has 0 N–H and O–H groups in total. The maximum atomic E-state index is 2.42. The zero-order chi connectivity index (χ0) is 37.7. The van der Waals surface area contributed by atoms with E-state index in [0.717, 1.165) is 17.1 Å². The molecule has 0 fully saturated rings. The van der Waals surface area contributed by atoms with Crippen molar-refractivity contribution in [3.8, 4) is 39.1 Å². The number of nitrogens with zero attached hydrogens (tertiary/aromatic N) is 2. The van der Waals surface area contributed by atoms with Crippen molar-refractivity contribution in [2.45, 2.75) is 0 Å². The Morgan fingerprint density at radius 1 is 0.298 bits per heavy atom. The summed E-state index contributed by atoms with van der Waals surface area (Å²) < 4.78 is 5.06. The van der Waals surface area contributed by atoms with Crippen LogP contribution >= 0.6 is 11.3 Å². The highest BCUT2D eigenvalue weighted by atomic mass is 32.1. The second kappa shape index (κ2) is 13.8. The molecular formula is C54H36N2S. The molecule has 0 atom stereocenters. The molecular weight excluding hydrogens is 709 g/mol. The molecule has 0 aliphatic rings. The third-order valence-electron chi connectivity index (χ3n) is 11.2. The summed E-state index contributed by atoms with van der Waals surface area (Å²) in [7, 11) is 0. The quantitative estimate of drug-likeness (QED) is 0.158. The minimum Gasteiger partial charge on any atom is -0.310 e. The normalized spacial score (nSPS) is 11.5. The number of para-hydroxylation sites is 2. The lowest BCUT2D eigenvalue weighted by molar-refractivity contribution is 1.19. The van der Waals surface area contributed by atoms with Crippen molar-refractivity contribution in [2.75, 3.05) is 4.90 Å². The number of fused-ring (bicyclic) bond motifs is 6. The standard InChI is InChI=1S/C54H36N2S/c1-3-12-37(13-4-1)38-26-29-44(30-27-38)55(43-15-5-2-6-16-43)45-17-11-14-41(34-45)39-22-24-40(25-23-39)42-28-33-52-50(35-42)47-18-7-9-20-51(47)56(52)46-31-32-49-48-19-8-10-21-53(48)57-54(49)36-46/h1-36H. The molecule has 0 amide bonds. The monoisotopic (exact) mass is 744 g/mol. The zero-order valence-electron chi connectivity index (χ0n) is 31.1. The van der Waals surface area contributed by atoms with E-state index in [2.05, 4.69) is 228 Å². The molecule has 11 rings (SSSR count). The fourth-order valence-corrected chi connectivity index (χ4v) is 9.56. The van der Waals surface area contributed by atoms with Crippen LogP contribution in [0.1, 0.15) is 0 Å². The summed E-state index contributed by atoms with van der Waals surface area (Å²) >= 11 is 1.87. The van der Waals surface area contributed by atoms with Crippen molar-refractivity contribution >= 4 is 70.4 Å². The number of rotatable bonds is 7. The predicted molar refractivity (Wildman–Crippen MR) is 245 cm³/mol. The van der Waals surface area contributed by atoms with Crippen LogP contribution in [0.15, 0.2) is 218 Å². The van der Waals surface area contributed by atoms with Gasteiger partial charge < -0.3 is 9.47 Å². The molecule has 0 bridgehead atoms. The fraction of sp³-hybridized carbons (Fsp3) is 0. The summed E-state index contributed by atoms with van der Waals surface area (Å²) in [5, 5.41) is 5.17. The highest BCUT2D eigenvalue weighted by Gasteiger charge is 2.16. The Labute approximate surface area is 335 Å². The third kappa shape index (κ3) is 5.88. The summed E-state index contributed by atoms with van der Waals surface area (Å²) in [4.78, 5) is 2.33. The van der Waals surface area contributed by atoms with Gasteiger partial charge in [-0.3, -0.25) is 0 Å². The lowest BCUT2D eigenvalue weighted by atomic mass is 9.98. The summed E-state index contributed by atoms with van der Waals surface area (Å²) in [6.45, 7) is 0. The van der Waals surface area contributed by atoms with Gasteiger partial charge in [-0.05, 0) is 106 Å². The first-order chi connectivity index (χ1) is 28.2. The largest absolute Gasteiger partial charge is 0.310 e. The van der Waals surface area contributed by atoms with Crippen molar-refractivity contribution in [2.24, 2.45) is 0 Å². The van der Waals surface area contributed by atoms with Gasteiger partial charge in [0.2, 0.25) is 0 Å². The molecule has 0 saturated heterocycles. The number of hydrogen-bond acceptors (Lipinski definition) is 2. The van der Waals surface area contributed by atoms with E-state index in [0.29, 0.717) is 0 Å². The van der Waals surface area contributed by atoms with E-state index in [4.69, 9.17) is 0 Å². The van der Waals surface area contributed by atoms with Gasteiger partial charge in [-0.1, -0.05) is 146 Å². The fourth-order valence-electron chi connectivity index (χ4n) is 8.42. The highest BCUT2D eigenvalue weighted by Crippen LogP contribution is 2.40. The van der Waals surface area contributed by atoms with Gasteiger partial charge in [-0.15, -0.1) is 11.3 Å². The Kier molecular flexibility index (Phi) is 8.04. The van der Waals surface area contributed by atoms with E-state index in [1.165, 1.54) is 81.0 Å². The van der Waals surface area contributed by atoms with Gasteiger partial charge in [0.25, 0.3) is 0 Å². The number of thiophene rings is 1. The summed E-state index contributed by atoms with van der Waals surface area (Å²) in [6, 6.07) is 79.2. The molecule has 57 heavy (non-hydrogen) atoms. The highest BCUT2D eigenvalue weighted by molar-refractivity contribution is 7.25. The first-order valence-corrected chi connectivity index (χ1v) is 20.2. The number of benzene rings is 9. The molecule has 0 radical (unpaired) electrons. The van der Waals surface area contributed by atoms with Gasteiger partial charge in [-0.2, -0.15) is 0 Å². The topological polar surface area (TPSA) is 8.17 Å². The second-order valence-electron chi connectivity index (χ2n) is 14.6. The van der Waals surface area contributed by atoms with Crippen molar-refractivity contribution in [1.29, 1.82) is 0 Å². The van der Waals surface area contributed by atoms with Crippen LogP contribution in [0.3, 0.4) is 0 Å². The van der Waals surface area contributed by atoms with Crippen molar-refractivity contribution in [1.82, 2.24) is 4.57 Å². The van der Waals surface area contributed by atoms with E-state index in [1.807, 2.05) is 11.3 Å². The van der Waals surface area contributed by atoms with Crippen molar-refractivity contribution in [3.63, 3.8) is 0 Å². The van der Waals surface area contributed by atoms with Crippen LogP contribution in [0.4, 0.5) is 17.1 Å². The third-order valence-corrected chi connectivity index (χ3v) is 12.3. The van der Waals surface area contributed by atoms with Crippen LogP contribution in [-0.4, -0.2) is 4.57 Å². The van der Waals surface area contributed by atoms with E-state index in [1.54, 1.807) is 0 Å². The zero-order valence-corrected chi connectivity index (χ0v) is 31.9. The molecule has 2 aromatic heterocycles. The molecule has 9 aromatic carbocycles. The number of aromatic nitrogens is 1. The first-order valence-electron chi connectivity index (χ1n) is 19.4. The van der Waals surface area contributed by atoms with Gasteiger partial charge in [0.05, 0.1) is 11.0 Å². The SMILES string of the molecule is c1ccc(-c2ccc(N(c3ccccc3)c3cccc(-c4ccc(-c5ccc6c(c5)c5ccccc5n6-c5ccc6c(c5)sc5ccccc56)cc4)c3)cc2)cc1. The maximum absolute atomic E-state index is 2.42. The Bertz CT molecular complexity index is 3210. The number of hydrogen-bond donors (Lipinski definition) is 0. The molecule has 0 aliphatic heterocycles. The summed E-state index contributed by atoms with van der Waals surface area (Å²) in [6.07, 6.45) is 0. The number of anilines is 3. The molecule has 11 aromatic rings. The lowest BCUT2D eigenvalue weighted by Gasteiger charge is -2.26. The average molecular weight is 745 g/mol. The first kappa shape index (κ1) is 33.2. The van der Waals surface area contributed by atoms with Crippen LogP contribution in [0, 0.1) is 0 Å².